The first-order valence-electron chi connectivity index (χ1n) is 9.69. The molecule has 3 N–H and O–H groups in total. The minimum atomic E-state index is -3.91. The summed E-state index contributed by atoms with van der Waals surface area (Å²) >= 11 is 0. The van der Waals surface area contributed by atoms with Crippen molar-refractivity contribution in [3.05, 3.63) is 58.6 Å². The maximum atomic E-state index is 13.1. The third-order valence-electron chi connectivity index (χ3n) is 4.66. The highest BCUT2D eigenvalue weighted by molar-refractivity contribution is 7.94. The number of hydroxylamine groups is 1. The fourth-order valence-electron chi connectivity index (χ4n) is 3.07. The zero-order valence-electron chi connectivity index (χ0n) is 18.4. The molecule has 1 aliphatic rings. The fourth-order valence-corrected chi connectivity index (χ4v) is 4.31. The van der Waals surface area contributed by atoms with E-state index >= 15 is 0 Å². The highest BCUT2D eigenvalue weighted by Crippen LogP contribution is 2.38. The number of benzene rings is 2. The van der Waals surface area contributed by atoms with E-state index in [1.54, 1.807) is 12.1 Å². The van der Waals surface area contributed by atoms with Crippen LogP contribution in [0.4, 0.5) is 5.69 Å². The third kappa shape index (κ3) is 5.59. The maximum absolute atomic E-state index is 13.1. The van der Waals surface area contributed by atoms with Crippen LogP contribution < -0.4 is 29.8 Å². The molecule has 12 heteroatoms. The molecule has 0 aliphatic carbocycles. The van der Waals surface area contributed by atoms with Crippen molar-refractivity contribution in [2.45, 2.75) is 5.75 Å². The van der Waals surface area contributed by atoms with Gasteiger partial charge in [0.1, 0.15) is 17.2 Å². The van der Waals surface area contributed by atoms with Crippen molar-refractivity contribution < 1.29 is 42.2 Å². The van der Waals surface area contributed by atoms with Crippen molar-refractivity contribution >= 4 is 33.5 Å². The summed E-state index contributed by atoms with van der Waals surface area (Å²) in [4.78, 5) is 28.0. The van der Waals surface area contributed by atoms with Crippen molar-refractivity contribution in [3.8, 4) is 23.0 Å². The largest absolute Gasteiger partial charge is 0.496 e. The number of amides is 1. The monoisotopic (exact) mass is 490 g/mol. The summed E-state index contributed by atoms with van der Waals surface area (Å²) in [7, 11) is 0.390. The Kier molecular flexibility index (Phi) is 7.31. The molecule has 0 unspecified atom stereocenters. The Balaban J connectivity index is 1.89. The fraction of sp³-hybridized carbons (Fsp3) is 0.182. The number of carboxylic acids is 1. The predicted molar refractivity (Wildman–Crippen MR) is 122 cm³/mol. The molecule has 2 aromatic carbocycles. The summed E-state index contributed by atoms with van der Waals surface area (Å²) in [5, 5.41) is 10.9. The van der Waals surface area contributed by atoms with E-state index in [2.05, 4.69) is 10.8 Å². The highest BCUT2D eigenvalue weighted by atomic mass is 32.2. The second kappa shape index (κ2) is 10.2. The first-order valence-corrected chi connectivity index (χ1v) is 11.3. The molecule has 11 nitrogen and oxygen atoms in total. The molecule has 1 amide bonds. The van der Waals surface area contributed by atoms with E-state index in [0.717, 1.165) is 6.08 Å². The Morgan fingerprint density at radius 2 is 1.79 bits per heavy atom. The SMILES string of the molecule is COc1cc(OC)c2c(c1)ONC(S(=O)(=O)Cc1ccc(OC)c(NC(=O)/C=C\C(=O)O)c1)=C2. The standard InChI is InChI=1S/C22H22N2O9S/c1-30-14-9-18(32-3)15-11-21(24-33-19(15)10-14)34(28,29)12-13-4-5-17(31-2)16(8-13)23-20(25)6-7-22(26)27/h4-11,24H,12H2,1-3H3,(H,23,25)(H,26,27)/b7-6-. The molecular formula is C22H22N2O9S. The van der Waals surface area contributed by atoms with Crippen LogP contribution in [-0.2, 0) is 25.2 Å². The lowest BCUT2D eigenvalue weighted by Gasteiger charge is -2.21. The molecule has 0 atom stereocenters. The van der Waals surface area contributed by atoms with Crippen LogP contribution in [0.1, 0.15) is 11.1 Å². The predicted octanol–water partition coefficient (Wildman–Crippen LogP) is 2.10. The number of carbonyl (C=O) groups excluding carboxylic acids is 1. The molecule has 1 heterocycles. The Morgan fingerprint density at radius 3 is 2.44 bits per heavy atom. The number of methoxy groups -OCH3 is 3. The average molecular weight is 490 g/mol. The summed E-state index contributed by atoms with van der Waals surface area (Å²) < 4.78 is 41.9. The minimum absolute atomic E-state index is 0.177. The summed E-state index contributed by atoms with van der Waals surface area (Å²) in [5.41, 5.74) is 3.38. The molecular weight excluding hydrogens is 468 g/mol. The summed E-state index contributed by atoms with van der Waals surface area (Å²) in [6.07, 6.45) is 2.91. The van der Waals surface area contributed by atoms with Gasteiger partial charge in [0.2, 0.25) is 15.7 Å². The van der Waals surface area contributed by atoms with E-state index in [9.17, 15) is 18.0 Å². The van der Waals surface area contributed by atoms with Crippen molar-refractivity contribution in [1.29, 1.82) is 0 Å². The lowest BCUT2D eigenvalue weighted by molar-refractivity contribution is -0.131. The number of anilines is 1. The Morgan fingerprint density at radius 1 is 1.06 bits per heavy atom. The molecule has 180 valence electrons. The van der Waals surface area contributed by atoms with E-state index < -0.39 is 27.5 Å². The van der Waals surface area contributed by atoms with Gasteiger partial charge in [-0.3, -0.25) is 4.79 Å². The van der Waals surface area contributed by atoms with Crippen molar-refractivity contribution in [3.63, 3.8) is 0 Å². The van der Waals surface area contributed by atoms with Crippen molar-refractivity contribution in [1.82, 2.24) is 5.48 Å². The maximum Gasteiger partial charge on any atom is 0.328 e. The van der Waals surface area contributed by atoms with E-state index in [1.807, 2.05) is 0 Å². The smallest absolute Gasteiger partial charge is 0.328 e. The van der Waals surface area contributed by atoms with Crippen LogP contribution in [0.2, 0.25) is 0 Å². The number of ether oxygens (including phenoxy) is 3. The molecule has 0 saturated carbocycles. The zero-order chi connectivity index (χ0) is 24.9. The van der Waals surface area contributed by atoms with Crippen LogP contribution in [0.5, 0.6) is 23.0 Å². The third-order valence-corrected chi connectivity index (χ3v) is 6.25. The van der Waals surface area contributed by atoms with Gasteiger partial charge in [0.15, 0.2) is 10.8 Å². The van der Waals surface area contributed by atoms with Crippen LogP contribution in [-0.4, -0.2) is 46.7 Å². The molecule has 2 aromatic rings. The van der Waals surface area contributed by atoms with Gasteiger partial charge in [-0.1, -0.05) is 6.07 Å². The number of rotatable bonds is 9. The van der Waals surface area contributed by atoms with Gasteiger partial charge in [-0.2, -0.15) is 0 Å². The topological polar surface area (TPSA) is 149 Å². The molecule has 1 aliphatic heterocycles. The number of hydrogen-bond acceptors (Lipinski definition) is 9. The first-order chi connectivity index (χ1) is 16.2. The van der Waals surface area contributed by atoms with Crippen LogP contribution >= 0.6 is 0 Å². The van der Waals surface area contributed by atoms with Crippen molar-refractivity contribution in [2.24, 2.45) is 0 Å². The molecule has 0 saturated heterocycles. The van der Waals surface area contributed by atoms with Gasteiger partial charge in [0.25, 0.3) is 0 Å². The van der Waals surface area contributed by atoms with Gasteiger partial charge in [-0.25, -0.2) is 18.7 Å². The van der Waals surface area contributed by atoms with E-state index in [1.165, 1.54) is 45.6 Å². The molecule has 3 rings (SSSR count). The number of carbonyl (C=O) groups is 2. The van der Waals surface area contributed by atoms with E-state index in [0.29, 0.717) is 34.5 Å². The normalized spacial score (nSPS) is 12.6. The van der Waals surface area contributed by atoms with Gasteiger partial charge < -0.3 is 29.5 Å². The zero-order valence-corrected chi connectivity index (χ0v) is 19.3. The number of nitrogens with one attached hydrogen (secondary N) is 2. The van der Waals surface area contributed by atoms with Crippen LogP contribution in [0.25, 0.3) is 6.08 Å². The summed E-state index contributed by atoms with van der Waals surface area (Å²) in [6, 6.07) is 7.63. The van der Waals surface area contributed by atoms with E-state index in [4.69, 9.17) is 24.2 Å². The van der Waals surface area contributed by atoms with Gasteiger partial charge >= 0.3 is 5.97 Å². The number of sulfone groups is 1. The number of hydrogen-bond donors (Lipinski definition) is 3. The van der Waals surface area contributed by atoms with Crippen molar-refractivity contribution in [2.75, 3.05) is 26.6 Å². The van der Waals surface area contributed by atoms with Crippen LogP contribution in [0.15, 0.2) is 47.5 Å². The number of aliphatic carboxylic acids is 1. The molecule has 34 heavy (non-hydrogen) atoms. The first kappa shape index (κ1) is 24.5. The lowest BCUT2D eigenvalue weighted by atomic mass is 10.1. The number of carboxylic acid groups (broad SMARTS) is 1. The quantitative estimate of drug-likeness (QED) is 0.446. The van der Waals surface area contributed by atoms with E-state index in [-0.39, 0.29) is 16.5 Å². The average Bonchev–Trinajstić information content (AvgIpc) is 2.81. The molecule has 0 bridgehead atoms. The van der Waals surface area contributed by atoms with Gasteiger partial charge in [0.05, 0.1) is 38.3 Å². The Labute approximate surface area is 195 Å². The molecule has 0 spiro atoms. The highest BCUT2D eigenvalue weighted by Gasteiger charge is 2.26. The van der Waals surface area contributed by atoms with Crippen LogP contribution in [0, 0.1) is 0 Å². The Hall–Kier alpha value is -4.19. The summed E-state index contributed by atoms with van der Waals surface area (Å²) in [6.45, 7) is 0. The van der Waals surface area contributed by atoms with Gasteiger partial charge in [-0.15, -0.1) is 0 Å². The Bertz CT molecular complexity index is 1280. The summed E-state index contributed by atoms with van der Waals surface area (Å²) in [5.74, 6) is -0.987. The van der Waals surface area contributed by atoms with Gasteiger partial charge in [-0.05, 0) is 23.8 Å². The lowest BCUT2D eigenvalue weighted by Crippen LogP contribution is -2.28. The van der Waals surface area contributed by atoms with Crippen LogP contribution in [0.3, 0.4) is 0 Å². The molecule has 0 aromatic heterocycles. The molecule has 0 fully saturated rings. The van der Waals surface area contributed by atoms with Gasteiger partial charge in [0, 0.05) is 24.3 Å². The minimum Gasteiger partial charge on any atom is -0.496 e. The second-order valence-electron chi connectivity index (χ2n) is 6.91. The molecule has 0 radical (unpaired) electrons. The number of fused-ring (bicyclic) bond motifs is 1. The second-order valence-corrected chi connectivity index (χ2v) is 8.87.